The molecule has 0 radical (unpaired) electrons. The van der Waals surface area contributed by atoms with Crippen molar-refractivity contribution in [2.75, 3.05) is 13.1 Å². The Kier molecular flexibility index (Phi) is 11.8. The summed E-state index contributed by atoms with van der Waals surface area (Å²) >= 11 is 1.55. The first-order valence-corrected chi connectivity index (χ1v) is 22.1. The Morgan fingerprint density at radius 1 is 0.657 bits per heavy atom. The van der Waals surface area contributed by atoms with Crippen LogP contribution in [0.5, 0.6) is 11.5 Å². The molecule has 344 valence electrons. The topological polar surface area (TPSA) is 145 Å². The number of halogens is 6. The van der Waals surface area contributed by atoms with Crippen LogP contribution in [0.4, 0.5) is 26.3 Å². The van der Waals surface area contributed by atoms with E-state index in [2.05, 4.69) is 16.0 Å². The maximum Gasteiger partial charge on any atom is 0.431 e. The largest absolute Gasteiger partial charge is 0.457 e. The molecule has 0 bridgehead atoms. The van der Waals surface area contributed by atoms with E-state index < -0.39 is 69.9 Å². The normalized spacial score (nSPS) is 15.6. The molecule has 0 spiro atoms. The summed E-state index contributed by atoms with van der Waals surface area (Å²) in [6.45, 7) is 6.41. The number of alkyl halides is 6. The molecule has 6 aromatic rings. The lowest BCUT2D eigenvalue weighted by molar-refractivity contribution is -0.142. The molecular formula is C50H41F6N5O5S. The number of ether oxygens (including phenoxy) is 1. The number of aryl methyl sites for hydroxylation is 5. The SMILES string of the molecule is Cc1ccc2c(c1)Oc1cc(CCc3cc(C(=O)NC4c5ccc(C)cc5Sc5cc(C)ccc54)c(=O)[nH]c3C(F)(F)F)ccc1C2NC(=O)c1cc(C2=CCNCC2)c(C(F)(F)F)[nH]c1=O. The molecule has 5 N–H and O–H groups in total. The van der Waals surface area contributed by atoms with E-state index in [1.54, 1.807) is 54.2 Å². The van der Waals surface area contributed by atoms with Crippen molar-refractivity contribution in [3.8, 4) is 11.5 Å². The molecule has 0 aliphatic carbocycles. The fourth-order valence-corrected chi connectivity index (χ4v) is 10.1. The van der Waals surface area contributed by atoms with Crippen molar-refractivity contribution in [3.63, 3.8) is 0 Å². The van der Waals surface area contributed by atoms with Crippen LogP contribution in [0, 0.1) is 20.8 Å². The van der Waals surface area contributed by atoms with Gasteiger partial charge in [-0.3, -0.25) is 19.2 Å². The van der Waals surface area contributed by atoms with Crippen molar-refractivity contribution in [1.29, 1.82) is 0 Å². The van der Waals surface area contributed by atoms with Crippen LogP contribution in [-0.4, -0.2) is 34.9 Å². The number of carbonyl (C=O) groups excluding carboxylic acids is 2. The van der Waals surface area contributed by atoms with E-state index in [0.29, 0.717) is 41.1 Å². The Labute approximate surface area is 383 Å². The van der Waals surface area contributed by atoms with Gasteiger partial charge in [-0.2, -0.15) is 26.3 Å². The summed E-state index contributed by atoms with van der Waals surface area (Å²) in [7, 11) is 0. The smallest absolute Gasteiger partial charge is 0.431 e. The molecule has 17 heteroatoms. The minimum Gasteiger partial charge on any atom is -0.457 e. The zero-order valence-electron chi connectivity index (χ0n) is 36.1. The minimum atomic E-state index is -4.97. The van der Waals surface area contributed by atoms with Crippen LogP contribution in [0.25, 0.3) is 5.57 Å². The predicted molar refractivity (Wildman–Crippen MR) is 240 cm³/mol. The number of aromatic amines is 2. The highest BCUT2D eigenvalue weighted by Crippen LogP contribution is 2.47. The van der Waals surface area contributed by atoms with Gasteiger partial charge in [0, 0.05) is 33.0 Å². The maximum absolute atomic E-state index is 14.5. The number of hydrogen-bond donors (Lipinski definition) is 5. The molecule has 1 atom stereocenters. The van der Waals surface area contributed by atoms with Crippen LogP contribution in [0.2, 0.25) is 0 Å². The third kappa shape index (κ3) is 9.04. The summed E-state index contributed by atoms with van der Waals surface area (Å²) in [5.74, 6) is -1.23. The number of fused-ring (bicyclic) bond motifs is 4. The molecule has 2 aromatic heterocycles. The Balaban J connectivity index is 1.01. The van der Waals surface area contributed by atoms with Crippen molar-refractivity contribution in [1.82, 2.24) is 25.9 Å². The van der Waals surface area contributed by atoms with E-state index in [0.717, 1.165) is 49.7 Å². The van der Waals surface area contributed by atoms with E-state index in [9.17, 15) is 45.5 Å². The number of benzene rings is 4. The summed E-state index contributed by atoms with van der Waals surface area (Å²) in [6, 6.07) is 21.9. The van der Waals surface area contributed by atoms with Gasteiger partial charge in [-0.25, -0.2) is 0 Å². The fraction of sp³-hybridized carbons (Fsp3) is 0.240. The summed E-state index contributed by atoms with van der Waals surface area (Å²) in [4.78, 5) is 60.0. The third-order valence-electron chi connectivity index (χ3n) is 12.1. The lowest BCUT2D eigenvalue weighted by Crippen LogP contribution is -2.36. The number of nitrogens with one attached hydrogen (secondary N) is 5. The number of H-pyrrole nitrogens is 2. The molecule has 3 aliphatic rings. The quantitative estimate of drug-likeness (QED) is 0.0956. The number of pyridine rings is 2. The van der Waals surface area contributed by atoms with Gasteiger partial charge >= 0.3 is 12.4 Å². The molecule has 0 fully saturated rings. The number of carbonyl (C=O) groups is 2. The second-order valence-electron chi connectivity index (χ2n) is 16.9. The molecule has 5 heterocycles. The standard InChI is InChI=1S/C50H41F6N5O5S/c1-24-4-10-30-37(18-24)66-38-21-27(8-13-31(38)41(30)58-46(63)36-23-34(28-14-16-57-17-15-28)44(50(54,55)56)61-48(36)65)7-9-29-22-35(47(64)60-43(29)49(51,52)53)45(62)59-42-32-11-5-25(2)19-39(32)67-40-20-26(3)6-12-33(40)42/h4-6,8,10-14,18-23,41-42,57H,7,9,15-17H2,1-3H3,(H,58,63)(H,59,62)(H,60,64)(H,61,65). The Bertz CT molecular complexity index is 3120. The second kappa shape index (κ2) is 17.4. The highest BCUT2D eigenvalue weighted by atomic mass is 32.2. The van der Waals surface area contributed by atoms with Gasteiger partial charge in [0.2, 0.25) is 0 Å². The summed E-state index contributed by atoms with van der Waals surface area (Å²) < 4.78 is 92.3. The third-order valence-corrected chi connectivity index (χ3v) is 13.3. The zero-order chi connectivity index (χ0) is 47.5. The van der Waals surface area contributed by atoms with Crippen molar-refractivity contribution >= 4 is 29.1 Å². The summed E-state index contributed by atoms with van der Waals surface area (Å²) in [5.41, 5.74) is -0.539. The van der Waals surface area contributed by atoms with Gasteiger partial charge in [-0.1, -0.05) is 66.4 Å². The van der Waals surface area contributed by atoms with Crippen LogP contribution in [0.1, 0.15) is 106 Å². The Morgan fingerprint density at radius 3 is 1.76 bits per heavy atom. The molecule has 3 aliphatic heterocycles. The van der Waals surface area contributed by atoms with Gasteiger partial charge in [-0.15, -0.1) is 0 Å². The van der Waals surface area contributed by atoms with E-state index in [1.807, 2.05) is 67.1 Å². The molecule has 67 heavy (non-hydrogen) atoms. The van der Waals surface area contributed by atoms with E-state index >= 15 is 0 Å². The van der Waals surface area contributed by atoms with Crippen LogP contribution in [0.15, 0.2) is 110 Å². The van der Waals surface area contributed by atoms with Crippen LogP contribution < -0.4 is 31.8 Å². The molecule has 2 amide bonds. The molecular weight excluding hydrogens is 897 g/mol. The minimum absolute atomic E-state index is 0.0150. The second-order valence-corrected chi connectivity index (χ2v) is 18.0. The number of amides is 2. The van der Waals surface area contributed by atoms with E-state index in [1.165, 1.54) is 0 Å². The van der Waals surface area contributed by atoms with Gasteiger partial charge in [0.1, 0.15) is 34.0 Å². The van der Waals surface area contributed by atoms with Gasteiger partial charge in [0.15, 0.2) is 0 Å². The van der Waals surface area contributed by atoms with Crippen LogP contribution in [0.3, 0.4) is 0 Å². The van der Waals surface area contributed by atoms with Crippen LogP contribution in [-0.2, 0) is 25.2 Å². The van der Waals surface area contributed by atoms with Gasteiger partial charge in [0.25, 0.3) is 22.9 Å². The first kappa shape index (κ1) is 45.3. The van der Waals surface area contributed by atoms with E-state index in [4.69, 9.17) is 4.74 Å². The van der Waals surface area contributed by atoms with Crippen molar-refractivity contribution in [3.05, 3.63) is 190 Å². The lowest BCUT2D eigenvalue weighted by Gasteiger charge is -2.30. The van der Waals surface area contributed by atoms with Crippen molar-refractivity contribution in [2.24, 2.45) is 0 Å². The van der Waals surface area contributed by atoms with E-state index in [-0.39, 0.29) is 36.1 Å². The highest BCUT2D eigenvalue weighted by molar-refractivity contribution is 7.99. The average molecular weight is 938 g/mol. The van der Waals surface area contributed by atoms with Crippen LogP contribution >= 0.6 is 11.8 Å². The van der Waals surface area contributed by atoms with Gasteiger partial charge in [0.05, 0.1) is 12.1 Å². The van der Waals surface area contributed by atoms with Crippen molar-refractivity contribution < 1.29 is 40.7 Å². The molecule has 0 saturated heterocycles. The zero-order valence-corrected chi connectivity index (χ0v) is 36.9. The average Bonchev–Trinajstić information content (AvgIpc) is 3.27. The molecule has 0 saturated carbocycles. The number of aromatic nitrogens is 2. The highest BCUT2D eigenvalue weighted by Gasteiger charge is 2.39. The Morgan fingerprint density at radius 2 is 1.18 bits per heavy atom. The molecule has 1 unspecified atom stereocenters. The summed E-state index contributed by atoms with van der Waals surface area (Å²) in [5, 5.41) is 8.77. The molecule has 10 nitrogen and oxygen atoms in total. The first-order valence-electron chi connectivity index (χ1n) is 21.3. The van der Waals surface area contributed by atoms with Gasteiger partial charge in [-0.05, 0) is 127 Å². The van der Waals surface area contributed by atoms with Gasteiger partial charge < -0.3 is 30.7 Å². The first-order chi connectivity index (χ1) is 31.8. The monoisotopic (exact) mass is 937 g/mol. The van der Waals surface area contributed by atoms with Crippen molar-refractivity contribution in [2.45, 2.75) is 74.3 Å². The maximum atomic E-state index is 14.5. The number of rotatable bonds is 8. The fourth-order valence-electron chi connectivity index (χ4n) is 8.78. The number of hydrogen-bond acceptors (Lipinski definition) is 7. The molecule has 9 rings (SSSR count). The predicted octanol–water partition coefficient (Wildman–Crippen LogP) is 9.80. The summed E-state index contributed by atoms with van der Waals surface area (Å²) in [6.07, 6.45) is -8.34. The lowest BCUT2D eigenvalue weighted by atomic mass is 9.91. The molecule has 4 aromatic carbocycles. The Hall–Kier alpha value is -6.85.